The molecule has 4 nitrogen and oxygen atoms in total. The van der Waals surface area contributed by atoms with Crippen molar-refractivity contribution in [3.8, 4) is 0 Å². The number of amides is 1. The van der Waals surface area contributed by atoms with Gasteiger partial charge in [-0.15, -0.1) is 0 Å². The first kappa shape index (κ1) is 13.6. The molecule has 0 radical (unpaired) electrons. The summed E-state index contributed by atoms with van der Waals surface area (Å²) >= 11 is 0. The van der Waals surface area contributed by atoms with E-state index in [1.807, 2.05) is 49.4 Å². The van der Waals surface area contributed by atoms with Crippen LogP contribution in [-0.2, 0) is 4.79 Å². The van der Waals surface area contributed by atoms with Gasteiger partial charge < -0.3 is 10.7 Å². The number of carbonyl (C=O) groups is 1. The normalized spacial score (nSPS) is 19.9. The molecule has 0 aliphatic heterocycles. The maximum absolute atomic E-state index is 12.2. The largest absolute Gasteiger partial charge is 0.326 e. The zero-order chi connectivity index (χ0) is 14.8. The molecule has 0 heterocycles. The molecule has 2 atom stereocenters. The minimum Gasteiger partial charge on any atom is -0.326 e. The molecule has 0 aromatic heterocycles. The van der Waals surface area contributed by atoms with Gasteiger partial charge in [-0.1, -0.05) is 30.3 Å². The van der Waals surface area contributed by atoms with Gasteiger partial charge in [0, 0.05) is 11.6 Å². The maximum atomic E-state index is 12.2. The van der Waals surface area contributed by atoms with Gasteiger partial charge in [-0.3, -0.25) is 10.6 Å². The summed E-state index contributed by atoms with van der Waals surface area (Å²) in [6, 6.07) is 15.7. The molecule has 1 fully saturated rings. The number of hydrazine groups is 1. The molecule has 0 spiro atoms. The summed E-state index contributed by atoms with van der Waals surface area (Å²) in [7, 11) is 0. The molecule has 1 aliphatic carbocycles. The van der Waals surface area contributed by atoms with Gasteiger partial charge in [-0.2, -0.15) is 0 Å². The number of nitrogens with two attached hydrogens (primary N) is 1. The first-order valence-electron chi connectivity index (χ1n) is 7.12. The summed E-state index contributed by atoms with van der Waals surface area (Å²) < 4.78 is 0. The topological polar surface area (TPSA) is 67.2 Å². The number of rotatable bonds is 4. The van der Waals surface area contributed by atoms with Gasteiger partial charge in [0.25, 0.3) is 0 Å². The lowest BCUT2D eigenvalue weighted by atomic mass is 10.1. The Morgan fingerprint density at radius 1 is 1.19 bits per heavy atom. The fourth-order valence-electron chi connectivity index (χ4n) is 2.64. The first-order valence-corrected chi connectivity index (χ1v) is 7.12. The second-order valence-corrected chi connectivity index (χ2v) is 5.52. The Hall–Kier alpha value is -2.33. The van der Waals surface area contributed by atoms with Crippen LogP contribution < -0.4 is 16.6 Å². The smallest absolute Gasteiger partial charge is 0.228 e. The highest BCUT2D eigenvalue weighted by Crippen LogP contribution is 2.48. The summed E-state index contributed by atoms with van der Waals surface area (Å²) in [4.78, 5) is 12.2. The molecule has 1 aliphatic rings. The van der Waals surface area contributed by atoms with E-state index in [2.05, 4.69) is 16.8 Å². The van der Waals surface area contributed by atoms with Gasteiger partial charge in [-0.25, -0.2) is 0 Å². The van der Waals surface area contributed by atoms with Crippen LogP contribution in [0.1, 0.15) is 23.5 Å². The monoisotopic (exact) mass is 281 g/mol. The van der Waals surface area contributed by atoms with Crippen molar-refractivity contribution in [2.75, 3.05) is 10.7 Å². The van der Waals surface area contributed by atoms with Crippen molar-refractivity contribution < 1.29 is 4.79 Å². The third-order valence-corrected chi connectivity index (χ3v) is 4.01. The number of benzene rings is 2. The second-order valence-electron chi connectivity index (χ2n) is 5.52. The van der Waals surface area contributed by atoms with E-state index < -0.39 is 0 Å². The average Bonchev–Trinajstić information content (AvgIpc) is 3.29. The molecule has 1 amide bonds. The Bertz CT molecular complexity index is 654. The van der Waals surface area contributed by atoms with Crippen molar-refractivity contribution in [1.29, 1.82) is 0 Å². The van der Waals surface area contributed by atoms with E-state index >= 15 is 0 Å². The third-order valence-electron chi connectivity index (χ3n) is 4.01. The van der Waals surface area contributed by atoms with Crippen LogP contribution in [0.3, 0.4) is 0 Å². The van der Waals surface area contributed by atoms with Crippen molar-refractivity contribution in [1.82, 2.24) is 0 Å². The van der Waals surface area contributed by atoms with Gasteiger partial charge in [0.2, 0.25) is 5.91 Å². The molecule has 2 aromatic carbocycles. The lowest BCUT2D eigenvalue weighted by Gasteiger charge is -2.08. The molecular weight excluding hydrogens is 262 g/mol. The number of hydrogen-bond acceptors (Lipinski definition) is 3. The van der Waals surface area contributed by atoms with Gasteiger partial charge in [0.15, 0.2) is 0 Å². The van der Waals surface area contributed by atoms with Crippen molar-refractivity contribution in [3.63, 3.8) is 0 Å². The molecule has 108 valence electrons. The number of nitrogens with one attached hydrogen (secondary N) is 2. The van der Waals surface area contributed by atoms with Crippen LogP contribution in [0.4, 0.5) is 11.4 Å². The zero-order valence-electron chi connectivity index (χ0n) is 12.0. The second kappa shape index (κ2) is 5.58. The van der Waals surface area contributed by atoms with Crippen molar-refractivity contribution in [2.45, 2.75) is 19.3 Å². The summed E-state index contributed by atoms with van der Waals surface area (Å²) in [5.41, 5.74) is 6.74. The molecule has 0 bridgehead atoms. The van der Waals surface area contributed by atoms with Crippen LogP contribution in [0, 0.1) is 12.8 Å². The Morgan fingerprint density at radius 2 is 1.95 bits per heavy atom. The zero-order valence-corrected chi connectivity index (χ0v) is 12.0. The number of aryl methyl sites for hydroxylation is 1. The molecule has 3 rings (SSSR count). The van der Waals surface area contributed by atoms with E-state index in [4.69, 9.17) is 5.84 Å². The minimum atomic E-state index is 0.0542. The minimum absolute atomic E-state index is 0.0542. The fourth-order valence-corrected chi connectivity index (χ4v) is 2.64. The van der Waals surface area contributed by atoms with E-state index in [1.165, 1.54) is 5.56 Å². The van der Waals surface area contributed by atoms with E-state index in [-0.39, 0.29) is 11.8 Å². The van der Waals surface area contributed by atoms with Crippen LogP contribution in [0.2, 0.25) is 0 Å². The predicted octanol–water partition coefficient (Wildman–Crippen LogP) is 3.02. The van der Waals surface area contributed by atoms with E-state index in [1.54, 1.807) is 0 Å². The van der Waals surface area contributed by atoms with Gasteiger partial charge in [-0.05, 0) is 48.6 Å². The molecule has 2 aromatic rings. The van der Waals surface area contributed by atoms with Crippen LogP contribution in [-0.4, -0.2) is 5.91 Å². The third kappa shape index (κ3) is 2.90. The Kier molecular flexibility index (Phi) is 3.62. The first-order chi connectivity index (χ1) is 10.2. The number of para-hydroxylation sites is 1. The molecule has 1 unspecified atom stereocenters. The SMILES string of the molecule is Cc1ccc([C@@H]2CC2C(=O)Nc2ccccc2)cc1NN. The summed E-state index contributed by atoms with van der Waals surface area (Å²) in [5.74, 6) is 5.95. The molecular formula is C17H19N3O. The lowest BCUT2D eigenvalue weighted by Crippen LogP contribution is -2.14. The van der Waals surface area contributed by atoms with Crippen molar-refractivity contribution >= 4 is 17.3 Å². The highest BCUT2D eigenvalue weighted by atomic mass is 16.2. The highest BCUT2D eigenvalue weighted by Gasteiger charge is 2.44. The summed E-state index contributed by atoms with van der Waals surface area (Å²) in [6.45, 7) is 2.01. The Labute approximate surface area is 124 Å². The van der Waals surface area contributed by atoms with Crippen LogP contribution in [0.5, 0.6) is 0 Å². The standard InChI is InChI=1S/C17H19N3O/c1-11-7-8-12(9-16(11)20-18)14-10-15(14)17(21)19-13-5-3-2-4-6-13/h2-9,14-15,20H,10,18H2,1H3,(H,19,21)/t14-,15?/m0/s1. The number of hydrogen-bond donors (Lipinski definition) is 3. The quantitative estimate of drug-likeness (QED) is 0.596. The lowest BCUT2D eigenvalue weighted by molar-refractivity contribution is -0.117. The fraction of sp³-hybridized carbons (Fsp3) is 0.235. The van der Waals surface area contributed by atoms with Crippen molar-refractivity contribution in [3.05, 3.63) is 59.7 Å². The molecule has 21 heavy (non-hydrogen) atoms. The molecule has 0 saturated heterocycles. The predicted molar refractivity (Wildman–Crippen MR) is 84.9 cm³/mol. The number of anilines is 2. The summed E-state index contributed by atoms with van der Waals surface area (Å²) in [6.07, 6.45) is 0.895. The number of carbonyl (C=O) groups excluding carboxylic acids is 1. The Morgan fingerprint density at radius 3 is 2.67 bits per heavy atom. The van der Waals surface area contributed by atoms with E-state index in [0.717, 1.165) is 23.4 Å². The van der Waals surface area contributed by atoms with E-state index in [9.17, 15) is 4.79 Å². The maximum Gasteiger partial charge on any atom is 0.228 e. The van der Waals surface area contributed by atoms with Gasteiger partial charge in [0.05, 0.1) is 5.69 Å². The van der Waals surface area contributed by atoms with Crippen LogP contribution in [0.15, 0.2) is 48.5 Å². The van der Waals surface area contributed by atoms with Gasteiger partial charge in [0.1, 0.15) is 0 Å². The highest BCUT2D eigenvalue weighted by molar-refractivity contribution is 5.95. The van der Waals surface area contributed by atoms with Crippen LogP contribution in [0.25, 0.3) is 0 Å². The summed E-state index contributed by atoms with van der Waals surface area (Å²) in [5, 5.41) is 2.96. The van der Waals surface area contributed by atoms with E-state index in [0.29, 0.717) is 5.92 Å². The number of nitrogen functional groups attached to an aromatic ring is 1. The van der Waals surface area contributed by atoms with Gasteiger partial charge >= 0.3 is 0 Å². The van der Waals surface area contributed by atoms with Crippen molar-refractivity contribution in [2.24, 2.45) is 11.8 Å². The average molecular weight is 281 g/mol. The Balaban J connectivity index is 1.67. The molecule has 4 N–H and O–H groups in total. The van der Waals surface area contributed by atoms with Crippen LogP contribution >= 0.6 is 0 Å². The molecule has 1 saturated carbocycles. The molecule has 4 heteroatoms.